The fourth-order valence-electron chi connectivity index (χ4n) is 4.19. The molecular weight excluding hydrogens is 280 g/mol. The molecule has 1 amide bonds. The Balaban J connectivity index is 1.37. The molecule has 0 N–H and O–H groups in total. The van der Waals surface area contributed by atoms with Crippen molar-refractivity contribution in [3.63, 3.8) is 0 Å². The molecule has 0 saturated carbocycles. The molecule has 1 aromatic heterocycles. The third-order valence-electron chi connectivity index (χ3n) is 5.45. The summed E-state index contributed by atoms with van der Waals surface area (Å²) in [5, 5.41) is 0. The molecule has 4 rings (SSSR count). The number of rotatable bonds is 4. The molecule has 0 aromatic carbocycles. The summed E-state index contributed by atoms with van der Waals surface area (Å²) in [6.45, 7) is 5.73. The number of ether oxygens (including phenoxy) is 1. The predicted molar refractivity (Wildman–Crippen MR) is 81.1 cm³/mol. The number of carbonyl (C=O) groups excluding carboxylic acids is 1. The van der Waals surface area contributed by atoms with Gasteiger partial charge in [-0.25, -0.2) is 0 Å². The minimum atomic E-state index is 0.221. The quantitative estimate of drug-likeness (QED) is 0.850. The number of fused-ring (bicyclic) bond motifs is 1. The summed E-state index contributed by atoms with van der Waals surface area (Å²) in [5.41, 5.74) is 1.24. The number of hydrogen-bond donors (Lipinski definition) is 0. The third kappa shape index (κ3) is 2.79. The van der Waals surface area contributed by atoms with Crippen LogP contribution in [0.15, 0.2) is 23.0 Å². The van der Waals surface area contributed by atoms with Crippen LogP contribution in [0.25, 0.3) is 0 Å². The predicted octanol–water partition coefficient (Wildman–Crippen LogP) is 1.74. The van der Waals surface area contributed by atoms with E-state index in [2.05, 4.69) is 4.90 Å². The molecule has 3 aliphatic heterocycles. The fourth-order valence-corrected chi connectivity index (χ4v) is 4.19. The normalized spacial score (nSPS) is 32.6. The number of furan rings is 1. The van der Waals surface area contributed by atoms with Crippen LogP contribution in [0.5, 0.6) is 0 Å². The van der Waals surface area contributed by atoms with Crippen LogP contribution in [0.4, 0.5) is 0 Å². The summed E-state index contributed by atoms with van der Waals surface area (Å²) in [5.74, 6) is 1.54. The zero-order valence-electron chi connectivity index (χ0n) is 12.9. The topological polar surface area (TPSA) is 45.9 Å². The SMILES string of the molecule is O=C1CCCN1C[C@H]1OC[C@@H]2CCN(Cc3ccoc3)C[C@@H]21. The summed E-state index contributed by atoms with van der Waals surface area (Å²) in [6.07, 6.45) is 6.71. The Hall–Kier alpha value is -1.33. The molecule has 0 aliphatic carbocycles. The van der Waals surface area contributed by atoms with Gasteiger partial charge in [0, 0.05) is 44.1 Å². The van der Waals surface area contributed by atoms with Gasteiger partial charge in [0.05, 0.1) is 25.2 Å². The smallest absolute Gasteiger partial charge is 0.222 e. The summed E-state index contributed by atoms with van der Waals surface area (Å²) < 4.78 is 11.2. The summed E-state index contributed by atoms with van der Waals surface area (Å²) in [6, 6.07) is 2.04. The van der Waals surface area contributed by atoms with Crippen molar-refractivity contribution in [1.29, 1.82) is 0 Å². The molecule has 3 fully saturated rings. The highest BCUT2D eigenvalue weighted by Gasteiger charge is 2.42. The van der Waals surface area contributed by atoms with E-state index in [4.69, 9.17) is 9.15 Å². The lowest BCUT2D eigenvalue weighted by atomic mass is 9.84. The Kier molecular flexibility index (Phi) is 3.92. The van der Waals surface area contributed by atoms with Crippen molar-refractivity contribution < 1.29 is 13.9 Å². The van der Waals surface area contributed by atoms with E-state index in [-0.39, 0.29) is 6.10 Å². The molecule has 0 radical (unpaired) electrons. The molecule has 0 spiro atoms. The van der Waals surface area contributed by atoms with E-state index in [0.717, 1.165) is 45.8 Å². The second-order valence-corrected chi connectivity index (χ2v) is 6.89. The Bertz CT molecular complexity index is 516. The van der Waals surface area contributed by atoms with E-state index in [9.17, 15) is 4.79 Å². The second kappa shape index (κ2) is 6.05. The molecule has 1 aromatic rings. The lowest BCUT2D eigenvalue weighted by molar-refractivity contribution is -0.129. The van der Waals surface area contributed by atoms with Gasteiger partial charge in [0.25, 0.3) is 0 Å². The maximum Gasteiger partial charge on any atom is 0.222 e. The Morgan fingerprint density at radius 3 is 3.05 bits per heavy atom. The number of piperidine rings is 1. The van der Waals surface area contributed by atoms with Gasteiger partial charge in [-0.15, -0.1) is 0 Å². The van der Waals surface area contributed by atoms with Crippen LogP contribution in [-0.4, -0.2) is 54.6 Å². The largest absolute Gasteiger partial charge is 0.472 e. The summed E-state index contributed by atoms with van der Waals surface area (Å²) in [7, 11) is 0. The van der Waals surface area contributed by atoms with Gasteiger partial charge in [0.15, 0.2) is 0 Å². The standard InChI is InChI=1S/C17H24N2O3/c20-17-2-1-5-19(17)10-16-15-9-18(6-3-14(15)12-22-16)8-13-4-7-21-11-13/h4,7,11,14-16H,1-3,5-6,8-10,12H2/t14-,15-,16+/m0/s1. The van der Waals surface area contributed by atoms with Gasteiger partial charge >= 0.3 is 0 Å². The first-order chi connectivity index (χ1) is 10.8. The van der Waals surface area contributed by atoms with Crippen molar-refractivity contribution in [2.24, 2.45) is 11.8 Å². The van der Waals surface area contributed by atoms with Gasteiger partial charge in [0.1, 0.15) is 0 Å². The maximum atomic E-state index is 11.8. The Morgan fingerprint density at radius 2 is 2.27 bits per heavy atom. The lowest BCUT2D eigenvalue weighted by Crippen LogP contribution is -2.45. The van der Waals surface area contributed by atoms with E-state index < -0.39 is 0 Å². The molecule has 3 atom stereocenters. The third-order valence-corrected chi connectivity index (χ3v) is 5.45. The Labute approximate surface area is 131 Å². The maximum absolute atomic E-state index is 11.8. The van der Waals surface area contributed by atoms with Crippen LogP contribution in [0, 0.1) is 11.8 Å². The molecule has 0 unspecified atom stereocenters. The van der Waals surface area contributed by atoms with Gasteiger partial charge in [-0.2, -0.15) is 0 Å². The number of likely N-dealkylation sites (tertiary alicyclic amines) is 2. The fraction of sp³-hybridized carbons (Fsp3) is 0.706. The van der Waals surface area contributed by atoms with Gasteiger partial charge in [-0.3, -0.25) is 9.69 Å². The number of nitrogens with zero attached hydrogens (tertiary/aromatic N) is 2. The zero-order valence-corrected chi connectivity index (χ0v) is 12.9. The minimum Gasteiger partial charge on any atom is -0.472 e. The van der Waals surface area contributed by atoms with Crippen LogP contribution in [0.3, 0.4) is 0 Å². The minimum absolute atomic E-state index is 0.221. The second-order valence-electron chi connectivity index (χ2n) is 6.89. The first kappa shape index (κ1) is 14.3. The van der Waals surface area contributed by atoms with Gasteiger partial charge in [-0.1, -0.05) is 0 Å². The highest BCUT2D eigenvalue weighted by molar-refractivity contribution is 5.78. The molecule has 5 heteroatoms. The van der Waals surface area contributed by atoms with Crippen molar-refractivity contribution in [2.75, 3.05) is 32.8 Å². The van der Waals surface area contributed by atoms with Crippen LogP contribution < -0.4 is 0 Å². The molecule has 4 heterocycles. The van der Waals surface area contributed by atoms with Gasteiger partial charge in [0.2, 0.25) is 5.91 Å². The first-order valence-corrected chi connectivity index (χ1v) is 8.42. The van der Waals surface area contributed by atoms with Crippen LogP contribution in [0.1, 0.15) is 24.8 Å². The van der Waals surface area contributed by atoms with Gasteiger partial charge < -0.3 is 14.1 Å². The van der Waals surface area contributed by atoms with Crippen molar-refractivity contribution in [3.8, 4) is 0 Å². The highest BCUT2D eigenvalue weighted by atomic mass is 16.5. The molecule has 22 heavy (non-hydrogen) atoms. The van der Waals surface area contributed by atoms with E-state index in [1.54, 1.807) is 6.26 Å². The van der Waals surface area contributed by atoms with E-state index in [1.807, 2.05) is 17.2 Å². The molecule has 5 nitrogen and oxygen atoms in total. The summed E-state index contributed by atoms with van der Waals surface area (Å²) >= 11 is 0. The zero-order chi connectivity index (χ0) is 14.9. The van der Waals surface area contributed by atoms with E-state index >= 15 is 0 Å². The molecule has 3 aliphatic rings. The molecule has 120 valence electrons. The van der Waals surface area contributed by atoms with Gasteiger partial charge in [-0.05, 0) is 31.4 Å². The molecular formula is C17H24N2O3. The Morgan fingerprint density at radius 1 is 1.32 bits per heavy atom. The molecule has 3 saturated heterocycles. The van der Waals surface area contributed by atoms with Crippen LogP contribution >= 0.6 is 0 Å². The van der Waals surface area contributed by atoms with E-state index in [0.29, 0.717) is 24.2 Å². The lowest BCUT2D eigenvalue weighted by Gasteiger charge is -2.36. The monoisotopic (exact) mass is 304 g/mol. The average molecular weight is 304 g/mol. The highest BCUT2D eigenvalue weighted by Crippen LogP contribution is 2.35. The van der Waals surface area contributed by atoms with Crippen molar-refractivity contribution in [1.82, 2.24) is 9.80 Å². The van der Waals surface area contributed by atoms with Crippen LogP contribution in [0.2, 0.25) is 0 Å². The average Bonchev–Trinajstić information content (AvgIpc) is 3.24. The van der Waals surface area contributed by atoms with Crippen molar-refractivity contribution >= 4 is 5.91 Å². The number of carbonyl (C=O) groups is 1. The number of amides is 1. The first-order valence-electron chi connectivity index (χ1n) is 8.42. The molecule has 0 bridgehead atoms. The van der Waals surface area contributed by atoms with Crippen LogP contribution in [-0.2, 0) is 16.1 Å². The van der Waals surface area contributed by atoms with Crippen molar-refractivity contribution in [3.05, 3.63) is 24.2 Å². The van der Waals surface area contributed by atoms with Crippen molar-refractivity contribution in [2.45, 2.75) is 31.9 Å². The van der Waals surface area contributed by atoms with E-state index in [1.165, 1.54) is 12.0 Å². The summed E-state index contributed by atoms with van der Waals surface area (Å²) in [4.78, 5) is 16.3. The number of hydrogen-bond acceptors (Lipinski definition) is 4.